The maximum Gasteiger partial charge on any atom is 0.225 e. The molecule has 6 heteroatoms. The van der Waals surface area contributed by atoms with Crippen molar-refractivity contribution in [3.8, 4) is 0 Å². The minimum absolute atomic E-state index is 0.107. The molecule has 102 valence electrons. The minimum Gasteiger partial charge on any atom is -0.370 e. The lowest BCUT2D eigenvalue weighted by Crippen LogP contribution is -2.12. The SMILES string of the molecule is CCNc1ccnc(NC(C)c2c(C)n[nH]c2C)n1. The van der Waals surface area contributed by atoms with E-state index in [1.165, 1.54) is 0 Å². The number of aryl methyl sites for hydroxylation is 2. The molecule has 0 aromatic carbocycles. The van der Waals surface area contributed by atoms with Crippen molar-refractivity contribution in [1.82, 2.24) is 20.2 Å². The Morgan fingerprint density at radius 1 is 1.37 bits per heavy atom. The molecule has 0 radical (unpaired) electrons. The average Bonchev–Trinajstić information content (AvgIpc) is 2.70. The van der Waals surface area contributed by atoms with Crippen molar-refractivity contribution in [3.63, 3.8) is 0 Å². The Labute approximate surface area is 113 Å². The molecule has 2 aromatic rings. The molecule has 1 unspecified atom stereocenters. The first-order valence-corrected chi connectivity index (χ1v) is 6.46. The van der Waals surface area contributed by atoms with Crippen LogP contribution in [-0.4, -0.2) is 26.7 Å². The van der Waals surface area contributed by atoms with E-state index < -0.39 is 0 Å². The molecule has 6 nitrogen and oxygen atoms in total. The number of hydrogen-bond acceptors (Lipinski definition) is 5. The molecule has 0 fully saturated rings. The zero-order chi connectivity index (χ0) is 13.8. The Morgan fingerprint density at radius 3 is 2.79 bits per heavy atom. The predicted octanol–water partition coefficient (Wildman–Crippen LogP) is 2.42. The van der Waals surface area contributed by atoms with Gasteiger partial charge >= 0.3 is 0 Å². The summed E-state index contributed by atoms with van der Waals surface area (Å²) in [5, 5.41) is 13.7. The Balaban J connectivity index is 2.14. The van der Waals surface area contributed by atoms with Gasteiger partial charge in [-0.3, -0.25) is 5.10 Å². The fourth-order valence-corrected chi connectivity index (χ4v) is 2.17. The van der Waals surface area contributed by atoms with Crippen LogP contribution in [0.5, 0.6) is 0 Å². The minimum atomic E-state index is 0.107. The van der Waals surface area contributed by atoms with Gasteiger partial charge in [-0.25, -0.2) is 4.98 Å². The number of anilines is 2. The van der Waals surface area contributed by atoms with Gasteiger partial charge in [0.25, 0.3) is 0 Å². The second kappa shape index (κ2) is 5.69. The van der Waals surface area contributed by atoms with E-state index in [0.717, 1.165) is 29.3 Å². The molecular formula is C13H20N6. The topological polar surface area (TPSA) is 78.5 Å². The van der Waals surface area contributed by atoms with E-state index in [-0.39, 0.29) is 6.04 Å². The molecule has 0 aliphatic rings. The first-order chi connectivity index (χ1) is 9.11. The Bertz CT molecular complexity index is 528. The number of rotatable bonds is 5. The van der Waals surface area contributed by atoms with Crippen LogP contribution in [0.2, 0.25) is 0 Å². The van der Waals surface area contributed by atoms with Gasteiger partial charge in [-0.1, -0.05) is 0 Å². The zero-order valence-electron chi connectivity index (χ0n) is 11.8. The molecular weight excluding hydrogens is 240 g/mol. The van der Waals surface area contributed by atoms with E-state index in [1.54, 1.807) is 6.20 Å². The van der Waals surface area contributed by atoms with E-state index in [9.17, 15) is 0 Å². The third-order valence-electron chi connectivity index (χ3n) is 2.98. The molecule has 0 amide bonds. The zero-order valence-corrected chi connectivity index (χ0v) is 11.8. The van der Waals surface area contributed by atoms with E-state index in [4.69, 9.17) is 0 Å². The molecule has 0 bridgehead atoms. The second-order valence-corrected chi connectivity index (χ2v) is 4.51. The van der Waals surface area contributed by atoms with Gasteiger partial charge in [-0.05, 0) is 33.8 Å². The molecule has 0 aliphatic carbocycles. The molecule has 2 heterocycles. The summed E-state index contributed by atoms with van der Waals surface area (Å²) in [6.07, 6.45) is 1.75. The highest BCUT2D eigenvalue weighted by molar-refractivity contribution is 5.41. The van der Waals surface area contributed by atoms with Crippen LogP contribution in [0.15, 0.2) is 12.3 Å². The maximum atomic E-state index is 4.41. The highest BCUT2D eigenvalue weighted by Crippen LogP contribution is 2.22. The molecule has 0 aliphatic heterocycles. The van der Waals surface area contributed by atoms with Crippen LogP contribution in [0.25, 0.3) is 0 Å². The van der Waals surface area contributed by atoms with E-state index >= 15 is 0 Å². The lowest BCUT2D eigenvalue weighted by Gasteiger charge is -2.15. The Hall–Kier alpha value is -2.11. The van der Waals surface area contributed by atoms with Crippen LogP contribution in [0.1, 0.15) is 36.8 Å². The van der Waals surface area contributed by atoms with Crippen LogP contribution in [0.4, 0.5) is 11.8 Å². The highest BCUT2D eigenvalue weighted by Gasteiger charge is 2.15. The normalized spacial score (nSPS) is 12.2. The van der Waals surface area contributed by atoms with E-state index in [0.29, 0.717) is 5.95 Å². The summed E-state index contributed by atoms with van der Waals surface area (Å²) in [4.78, 5) is 8.65. The smallest absolute Gasteiger partial charge is 0.225 e. The molecule has 0 spiro atoms. The van der Waals surface area contributed by atoms with Crippen molar-refractivity contribution in [2.24, 2.45) is 0 Å². The quantitative estimate of drug-likeness (QED) is 0.769. The number of H-pyrrole nitrogens is 1. The molecule has 1 atom stereocenters. The number of nitrogens with zero attached hydrogens (tertiary/aromatic N) is 3. The van der Waals surface area contributed by atoms with Crippen LogP contribution < -0.4 is 10.6 Å². The van der Waals surface area contributed by atoms with Gasteiger partial charge < -0.3 is 10.6 Å². The first kappa shape index (κ1) is 13.3. The standard InChI is InChI=1S/C13H20N6/c1-5-14-11-6-7-15-13(17-11)16-8(2)12-9(3)18-19-10(12)4/h6-8H,5H2,1-4H3,(H,18,19)(H2,14,15,16,17). The predicted molar refractivity (Wildman–Crippen MR) is 76.3 cm³/mol. The fraction of sp³-hybridized carbons (Fsp3) is 0.462. The van der Waals surface area contributed by atoms with Crippen LogP contribution in [0.3, 0.4) is 0 Å². The van der Waals surface area contributed by atoms with Gasteiger partial charge in [-0.2, -0.15) is 10.1 Å². The van der Waals surface area contributed by atoms with E-state index in [1.807, 2.05) is 26.8 Å². The highest BCUT2D eigenvalue weighted by atomic mass is 15.2. The van der Waals surface area contributed by atoms with Gasteiger partial charge in [0.1, 0.15) is 5.82 Å². The van der Waals surface area contributed by atoms with Crippen LogP contribution >= 0.6 is 0 Å². The summed E-state index contributed by atoms with van der Waals surface area (Å²) in [7, 11) is 0. The second-order valence-electron chi connectivity index (χ2n) is 4.51. The Morgan fingerprint density at radius 2 is 2.16 bits per heavy atom. The lowest BCUT2D eigenvalue weighted by atomic mass is 10.1. The van der Waals surface area contributed by atoms with Crippen molar-refractivity contribution in [3.05, 3.63) is 29.2 Å². The summed E-state index contributed by atoms with van der Waals surface area (Å²) in [5.41, 5.74) is 3.23. The van der Waals surface area contributed by atoms with Gasteiger partial charge in [-0.15, -0.1) is 0 Å². The van der Waals surface area contributed by atoms with Crippen molar-refractivity contribution < 1.29 is 0 Å². The van der Waals surface area contributed by atoms with Gasteiger partial charge in [0.15, 0.2) is 0 Å². The number of aromatic amines is 1. The van der Waals surface area contributed by atoms with Crippen molar-refractivity contribution in [2.75, 3.05) is 17.2 Å². The summed E-state index contributed by atoms with van der Waals surface area (Å²) >= 11 is 0. The van der Waals surface area contributed by atoms with Crippen molar-refractivity contribution in [1.29, 1.82) is 0 Å². The molecule has 0 saturated carbocycles. The third-order valence-corrected chi connectivity index (χ3v) is 2.98. The van der Waals surface area contributed by atoms with Gasteiger partial charge in [0.05, 0.1) is 11.7 Å². The average molecular weight is 260 g/mol. The van der Waals surface area contributed by atoms with Crippen LogP contribution in [-0.2, 0) is 0 Å². The summed E-state index contributed by atoms with van der Waals surface area (Å²) in [6, 6.07) is 1.96. The monoisotopic (exact) mass is 260 g/mol. The third kappa shape index (κ3) is 3.01. The number of aromatic nitrogens is 4. The molecule has 2 aromatic heterocycles. The molecule has 0 saturated heterocycles. The van der Waals surface area contributed by atoms with Gasteiger partial charge in [0, 0.05) is 24.0 Å². The first-order valence-electron chi connectivity index (χ1n) is 6.46. The summed E-state index contributed by atoms with van der Waals surface area (Å²) < 4.78 is 0. The molecule has 2 rings (SSSR count). The molecule has 19 heavy (non-hydrogen) atoms. The lowest BCUT2D eigenvalue weighted by molar-refractivity contribution is 0.844. The fourth-order valence-electron chi connectivity index (χ4n) is 2.17. The number of nitrogens with one attached hydrogen (secondary N) is 3. The van der Waals surface area contributed by atoms with Crippen molar-refractivity contribution in [2.45, 2.75) is 33.7 Å². The summed E-state index contributed by atoms with van der Waals surface area (Å²) in [5.74, 6) is 1.44. The van der Waals surface area contributed by atoms with Crippen LogP contribution in [0, 0.1) is 13.8 Å². The number of hydrogen-bond donors (Lipinski definition) is 3. The Kier molecular flexibility index (Phi) is 3.99. The van der Waals surface area contributed by atoms with Gasteiger partial charge in [0.2, 0.25) is 5.95 Å². The summed E-state index contributed by atoms with van der Waals surface area (Å²) in [6.45, 7) is 8.96. The largest absolute Gasteiger partial charge is 0.370 e. The van der Waals surface area contributed by atoms with E-state index in [2.05, 4.69) is 37.7 Å². The van der Waals surface area contributed by atoms with Crippen molar-refractivity contribution >= 4 is 11.8 Å². The maximum absolute atomic E-state index is 4.41. The molecule has 3 N–H and O–H groups in total.